The van der Waals surface area contributed by atoms with E-state index in [2.05, 4.69) is 15.7 Å². The quantitative estimate of drug-likeness (QED) is 0.761. The van der Waals surface area contributed by atoms with Crippen LogP contribution in [0, 0.1) is 5.41 Å². The lowest BCUT2D eigenvalue weighted by molar-refractivity contribution is -0.136. The van der Waals surface area contributed by atoms with Crippen LogP contribution in [0.3, 0.4) is 0 Å². The number of hydrogen-bond acceptors (Lipinski definition) is 4. The van der Waals surface area contributed by atoms with Crippen molar-refractivity contribution in [3.63, 3.8) is 0 Å². The molecule has 2 rings (SSSR count). The fraction of sp³-hybridized carbons (Fsp3) is 0.692. The highest BCUT2D eigenvalue weighted by molar-refractivity contribution is 5.82. The average Bonchev–Trinajstić information content (AvgIpc) is 2.93. The summed E-state index contributed by atoms with van der Waals surface area (Å²) in [5.74, 6) is 0.100. The van der Waals surface area contributed by atoms with Gasteiger partial charge in [0, 0.05) is 26.0 Å². The van der Waals surface area contributed by atoms with E-state index in [1.54, 1.807) is 13.3 Å². The maximum Gasteiger partial charge on any atom is 0.228 e. The van der Waals surface area contributed by atoms with Crippen molar-refractivity contribution in [3.8, 4) is 0 Å². The fourth-order valence-electron chi connectivity index (χ4n) is 2.52. The molecule has 19 heavy (non-hydrogen) atoms. The van der Waals surface area contributed by atoms with Gasteiger partial charge in [-0.2, -0.15) is 5.10 Å². The van der Waals surface area contributed by atoms with Crippen molar-refractivity contribution in [2.45, 2.75) is 19.4 Å². The molecule has 0 radical (unpaired) electrons. The van der Waals surface area contributed by atoms with E-state index in [1.807, 2.05) is 16.9 Å². The van der Waals surface area contributed by atoms with Crippen LogP contribution in [0.4, 0.5) is 0 Å². The van der Waals surface area contributed by atoms with Crippen LogP contribution in [0.1, 0.15) is 12.8 Å². The van der Waals surface area contributed by atoms with Gasteiger partial charge in [0.1, 0.15) is 0 Å². The zero-order valence-electron chi connectivity index (χ0n) is 11.4. The number of ether oxygens (including phenoxy) is 1. The summed E-state index contributed by atoms with van der Waals surface area (Å²) in [4.78, 5) is 12.4. The molecule has 2 N–H and O–H groups in total. The van der Waals surface area contributed by atoms with Gasteiger partial charge in [0.25, 0.3) is 0 Å². The molecule has 2 heterocycles. The first kappa shape index (κ1) is 14.0. The first-order valence-corrected chi connectivity index (χ1v) is 6.72. The lowest BCUT2D eigenvalue weighted by atomic mass is 9.78. The molecule has 1 aliphatic rings. The monoisotopic (exact) mass is 266 g/mol. The summed E-state index contributed by atoms with van der Waals surface area (Å²) in [6, 6.07) is 1.88. The summed E-state index contributed by atoms with van der Waals surface area (Å²) in [7, 11) is 1.65. The number of rotatable bonds is 6. The number of methoxy groups -OCH3 is 1. The minimum Gasteiger partial charge on any atom is -0.384 e. The van der Waals surface area contributed by atoms with Crippen molar-refractivity contribution < 1.29 is 9.53 Å². The summed E-state index contributed by atoms with van der Waals surface area (Å²) in [5.41, 5.74) is -0.371. The molecule has 6 heteroatoms. The van der Waals surface area contributed by atoms with Gasteiger partial charge in [-0.3, -0.25) is 9.48 Å². The minimum absolute atomic E-state index is 0.100. The molecule has 1 saturated heterocycles. The molecule has 6 nitrogen and oxygen atoms in total. The Labute approximate surface area is 113 Å². The summed E-state index contributed by atoms with van der Waals surface area (Å²) in [5, 5.41) is 10.4. The average molecular weight is 266 g/mol. The number of piperidine rings is 1. The fourth-order valence-corrected chi connectivity index (χ4v) is 2.52. The molecule has 0 saturated carbocycles. The summed E-state index contributed by atoms with van der Waals surface area (Å²) in [6.45, 7) is 3.52. The molecule has 1 aromatic heterocycles. The normalized spacial score (nSPS) is 18.2. The maximum absolute atomic E-state index is 12.4. The Hall–Kier alpha value is -1.40. The molecule has 0 spiro atoms. The van der Waals surface area contributed by atoms with Crippen LogP contribution >= 0.6 is 0 Å². The summed E-state index contributed by atoms with van der Waals surface area (Å²) >= 11 is 0. The third-order valence-corrected chi connectivity index (χ3v) is 3.65. The predicted octanol–water partition coefficient (Wildman–Crippen LogP) is 0.0155. The Morgan fingerprint density at radius 2 is 2.32 bits per heavy atom. The first-order chi connectivity index (χ1) is 9.27. The van der Waals surface area contributed by atoms with Gasteiger partial charge in [0.2, 0.25) is 5.91 Å². The Bertz CT molecular complexity index is 380. The SMILES string of the molecule is COCC1(C(=O)NCCn2cccn2)CCNCC1. The van der Waals surface area contributed by atoms with E-state index < -0.39 is 0 Å². The van der Waals surface area contributed by atoms with Crippen molar-refractivity contribution in [2.24, 2.45) is 5.41 Å². The molecule has 0 atom stereocenters. The third kappa shape index (κ3) is 3.54. The van der Waals surface area contributed by atoms with Crippen molar-refractivity contribution in [2.75, 3.05) is 33.4 Å². The number of carbonyl (C=O) groups excluding carboxylic acids is 1. The molecule has 1 amide bonds. The molecule has 1 fully saturated rings. The van der Waals surface area contributed by atoms with Crippen LogP contribution in [-0.2, 0) is 16.1 Å². The van der Waals surface area contributed by atoms with Gasteiger partial charge < -0.3 is 15.4 Å². The summed E-state index contributed by atoms with van der Waals surface area (Å²) in [6.07, 6.45) is 5.28. The molecule has 0 aliphatic carbocycles. The Balaban J connectivity index is 1.85. The number of amides is 1. The zero-order valence-corrected chi connectivity index (χ0v) is 11.4. The molecule has 106 valence electrons. The van der Waals surface area contributed by atoms with E-state index in [0.717, 1.165) is 25.9 Å². The lowest BCUT2D eigenvalue weighted by Gasteiger charge is -2.35. The number of hydrogen-bond donors (Lipinski definition) is 2. The highest BCUT2D eigenvalue weighted by atomic mass is 16.5. The van der Waals surface area contributed by atoms with Crippen molar-refractivity contribution in [1.29, 1.82) is 0 Å². The standard InChI is InChI=1S/C13H22N4O2/c1-19-11-13(3-6-14-7-4-13)12(18)15-8-10-17-9-2-5-16-17/h2,5,9,14H,3-4,6-8,10-11H2,1H3,(H,15,18). The first-order valence-electron chi connectivity index (χ1n) is 6.72. The number of carbonyl (C=O) groups is 1. The van der Waals surface area contributed by atoms with Gasteiger partial charge in [0.15, 0.2) is 0 Å². The van der Waals surface area contributed by atoms with E-state index >= 15 is 0 Å². The minimum atomic E-state index is -0.371. The second-order valence-corrected chi connectivity index (χ2v) is 4.99. The molecule has 0 unspecified atom stereocenters. The van der Waals surface area contributed by atoms with Crippen molar-refractivity contribution in [1.82, 2.24) is 20.4 Å². The van der Waals surface area contributed by atoms with E-state index in [1.165, 1.54) is 0 Å². The van der Waals surface area contributed by atoms with E-state index in [0.29, 0.717) is 19.7 Å². The highest BCUT2D eigenvalue weighted by Gasteiger charge is 2.39. The lowest BCUT2D eigenvalue weighted by Crippen LogP contribution is -2.50. The van der Waals surface area contributed by atoms with Crippen LogP contribution in [0.2, 0.25) is 0 Å². The molecule has 1 aromatic rings. The molecular formula is C13H22N4O2. The van der Waals surface area contributed by atoms with Crippen LogP contribution in [0.25, 0.3) is 0 Å². The number of aromatic nitrogens is 2. The third-order valence-electron chi connectivity index (χ3n) is 3.65. The van der Waals surface area contributed by atoms with Gasteiger partial charge in [-0.15, -0.1) is 0 Å². The zero-order chi connectivity index (χ0) is 13.6. The van der Waals surface area contributed by atoms with E-state index in [4.69, 9.17) is 4.74 Å². The van der Waals surface area contributed by atoms with Crippen LogP contribution in [0.5, 0.6) is 0 Å². The highest BCUT2D eigenvalue weighted by Crippen LogP contribution is 2.29. The van der Waals surface area contributed by atoms with Crippen molar-refractivity contribution >= 4 is 5.91 Å². The molecule has 1 aliphatic heterocycles. The topological polar surface area (TPSA) is 68.2 Å². The van der Waals surface area contributed by atoms with Gasteiger partial charge in [-0.25, -0.2) is 0 Å². The van der Waals surface area contributed by atoms with Crippen LogP contribution < -0.4 is 10.6 Å². The molecular weight excluding hydrogens is 244 g/mol. The summed E-state index contributed by atoms with van der Waals surface area (Å²) < 4.78 is 7.06. The van der Waals surface area contributed by atoms with Gasteiger partial charge in [-0.05, 0) is 32.0 Å². The number of nitrogens with one attached hydrogen (secondary N) is 2. The second kappa shape index (κ2) is 6.68. The molecule has 0 bridgehead atoms. The predicted molar refractivity (Wildman–Crippen MR) is 71.6 cm³/mol. The smallest absolute Gasteiger partial charge is 0.228 e. The Morgan fingerprint density at radius 3 is 2.95 bits per heavy atom. The Morgan fingerprint density at radius 1 is 1.53 bits per heavy atom. The van der Waals surface area contributed by atoms with Gasteiger partial charge in [-0.1, -0.05) is 0 Å². The van der Waals surface area contributed by atoms with Crippen molar-refractivity contribution in [3.05, 3.63) is 18.5 Å². The maximum atomic E-state index is 12.4. The largest absolute Gasteiger partial charge is 0.384 e. The van der Waals surface area contributed by atoms with Gasteiger partial charge in [0.05, 0.1) is 18.6 Å². The van der Waals surface area contributed by atoms with Crippen LogP contribution in [0.15, 0.2) is 18.5 Å². The van der Waals surface area contributed by atoms with E-state index in [-0.39, 0.29) is 11.3 Å². The Kier molecular flexibility index (Phi) is 4.93. The second-order valence-electron chi connectivity index (χ2n) is 4.99. The molecule has 0 aromatic carbocycles. The van der Waals surface area contributed by atoms with E-state index in [9.17, 15) is 4.79 Å². The number of nitrogens with zero attached hydrogens (tertiary/aromatic N) is 2. The van der Waals surface area contributed by atoms with Gasteiger partial charge >= 0.3 is 0 Å². The van der Waals surface area contributed by atoms with Crippen LogP contribution in [-0.4, -0.2) is 49.0 Å².